The smallest absolute Gasteiger partial charge is 0.326 e. The molecule has 1 saturated heterocycles. The molecule has 1 aromatic rings. The Morgan fingerprint density at radius 1 is 1.16 bits per heavy atom. The van der Waals surface area contributed by atoms with Gasteiger partial charge in [0.2, 0.25) is 0 Å². The van der Waals surface area contributed by atoms with Gasteiger partial charge in [0.25, 0.3) is 5.91 Å². The summed E-state index contributed by atoms with van der Waals surface area (Å²) in [7, 11) is 3.09. The van der Waals surface area contributed by atoms with Gasteiger partial charge >= 0.3 is 6.03 Å². The number of amides is 3. The molecule has 1 aromatic carbocycles. The number of hydrogen-bond acceptors (Lipinski definition) is 4. The van der Waals surface area contributed by atoms with E-state index in [0.717, 1.165) is 9.13 Å². The van der Waals surface area contributed by atoms with Crippen molar-refractivity contribution in [3.05, 3.63) is 27.0 Å². The average molecular weight is 374 g/mol. The van der Waals surface area contributed by atoms with Crippen LogP contribution in [0.25, 0.3) is 6.08 Å². The summed E-state index contributed by atoms with van der Waals surface area (Å²) in [6.07, 6.45) is 1.57. The minimum absolute atomic E-state index is 0.202. The van der Waals surface area contributed by atoms with Gasteiger partial charge in [0.1, 0.15) is 5.70 Å². The number of hydrogen-bond donors (Lipinski definition) is 2. The van der Waals surface area contributed by atoms with Crippen molar-refractivity contribution in [3.8, 4) is 11.5 Å². The number of methoxy groups -OCH3 is 2. The van der Waals surface area contributed by atoms with Crippen LogP contribution in [-0.2, 0) is 4.79 Å². The fourth-order valence-electron chi connectivity index (χ4n) is 1.67. The molecule has 0 saturated carbocycles. The van der Waals surface area contributed by atoms with Crippen molar-refractivity contribution in [1.29, 1.82) is 0 Å². The van der Waals surface area contributed by atoms with Crippen LogP contribution < -0.4 is 20.1 Å². The summed E-state index contributed by atoms with van der Waals surface area (Å²) < 4.78 is 11.3. The van der Waals surface area contributed by atoms with Crippen molar-refractivity contribution < 1.29 is 19.1 Å². The van der Waals surface area contributed by atoms with Gasteiger partial charge in [0.05, 0.1) is 17.8 Å². The number of carbonyl (C=O) groups excluding carboxylic acids is 2. The third-order valence-electron chi connectivity index (χ3n) is 2.49. The Labute approximate surface area is 123 Å². The number of halogens is 1. The second-order valence-corrected chi connectivity index (χ2v) is 4.87. The lowest BCUT2D eigenvalue weighted by Crippen LogP contribution is -2.22. The molecule has 1 heterocycles. The van der Waals surface area contributed by atoms with Crippen molar-refractivity contribution in [2.24, 2.45) is 0 Å². The maximum Gasteiger partial charge on any atom is 0.326 e. The first-order valence-corrected chi connectivity index (χ1v) is 6.38. The van der Waals surface area contributed by atoms with Gasteiger partial charge in [-0.1, -0.05) is 0 Å². The predicted molar refractivity (Wildman–Crippen MR) is 76.9 cm³/mol. The standard InChI is InChI=1S/C12H11IN2O4/c1-18-9-5-6(3-7(13)10(9)19-2)4-8-11(16)15-12(17)14-8/h3-5H,1-2H3,(H2,14,15,16,17)/b8-4-. The molecule has 1 aliphatic heterocycles. The number of nitrogens with one attached hydrogen (secondary N) is 2. The zero-order chi connectivity index (χ0) is 14.0. The van der Waals surface area contributed by atoms with Crippen LogP contribution in [0.2, 0.25) is 0 Å². The molecule has 100 valence electrons. The van der Waals surface area contributed by atoms with Crippen LogP contribution in [0, 0.1) is 3.57 Å². The third-order valence-corrected chi connectivity index (χ3v) is 3.29. The van der Waals surface area contributed by atoms with Gasteiger partial charge in [-0.3, -0.25) is 10.1 Å². The van der Waals surface area contributed by atoms with Gasteiger partial charge in [-0.25, -0.2) is 4.79 Å². The normalized spacial score (nSPS) is 16.3. The topological polar surface area (TPSA) is 76.7 Å². The van der Waals surface area contributed by atoms with Crippen molar-refractivity contribution in [1.82, 2.24) is 10.6 Å². The van der Waals surface area contributed by atoms with Crippen LogP contribution in [0.5, 0.6) is 11.5 Å². The molecule has 19 heavy (non-hydrogen) atoms. The SMILES string of the molecule is COc1cc(/C=C2\NC(=O)NC2=O)cc(I)c1OC. The largest absolute Gasteiger partial charge is 0.493 e. The molecule has 0 atom stereocenters. The van der Waals surface area contributed by atoms with E-state index in [4.69, 9.17) is 9.47 Å². The number of benzene rings is 1. The monoisotopic (exact) mass is 374 g/mol. The highest BCUT2D eigenvalue weighted by atomic mass is 127. The molecule has 1 fully saturated rings. The second kappa shape index (κ2) is 5.47. The van der Waals surface area contributed by atoms with Crippen LogP contribution in [0.4, 0.5) is 4.79 Å². The lowest BCUT2D eigenvalue weighted by molar-refractivity contribution is -0.115. The number of urea groups is 1. The van der Waals surface area contributed by atoms with E-state index < -0.39 is 11.9 Å². The first-order valence-electron chi connectivity index (χ1n) is 5.30. The molecule has 0 aromatic heterocycles. The van der Waals surface area contributed by atoms with Crippen LogP contribution in [-0.4, -0.2) is 26.2 Å². The van der Waals surface area contributed by atoms with Gasteiger partial charge in [-0.2, -0.15) is 0 Å². The van der Waals surface area contributed by atoms with Gasteiger partial charge < -0.3 is 14.8 Å². The highest BCUT2D eigenvalue weighted by molar-refractivity contribution is 14.1. The van der Waals surface area contributed by atoms with Crippen molar-refractivity contribution in [2.75, 3.05) is 14.2 Å². The van der Waals surface area contributed by atoms with Crippen LogP contribution in [0.1, 0.15) is 5.56 Å². The fraction of sp³-hybridized carbons (Fsp3) is 0.167. The first kappa shape index (κ1) is 13.7. The Bertz CT molecular complexity index is 583. The Kier molecular flexibility index (Phi) is 3.93. The van der Waals surface area contributed by atoms with E-state index in [2.05, 4.69) is 33.2 Å². The summed E-state index contributed by atoms with van der Waals surface area (Å²) in [5.41, 5.74) is 0.933. The molecular formula is C12H11IN2O4. The van der Waals surface area contributed by atoms with E-state index in [1.807, 2.05) is 6.07 Å². The molecule has 0 bridgehead atoms. The Hall–Kier alpha value is -1.77. The number of imide groups is 1. The first-order chi connectivity index (χ1) is 9.05. The highest BCUT2D eigenvalue weighted by Gasteiger charge is 2.23. The van der Waals surface area contributed by atoms with Crippen molar-refractivity contribution in [2.45, 2.75) is 0 Å². The molecule has 0 spiro atoms. The van der Waals surface area contributed by atoms with E-state index >= 15 is 0 Å². The third kappa shape index (κ3) is 2.80. The van der Waals surface area contributed by atoms with Crippen LogP contribution in [0.3, 0.4) is 0 Å². The maximum atomic E-state index is 11.4. The zero-order valence-corrected chi connectivity index (χ0v) is 12.4. The minimum Gasteiger partial charge on any atom is -0.493 e. The molecular weight excluding hydrogens is 363 g/mol. The summed E-state index contributed by atoms with van der Waals surface area (Å²) in [4.78, 5) is 22.4. The molecule has 7 heteroatoms. The molecule has 0 unspecified atom stereocenters. The van der Waals surface area contributed by atoms with Crippen LogP contribution in [0.15, 0.2) is 17.8 Å². The quantitative estimate of drug-likeness (QED) is 0.478. The predicted octanol–water partition coefficient (Wildman–Crippen LogP) is 1.49. The lowest BCUT2D eigenvalue weighted by Gasteiger charge is -2.10. The Balaban J connectivity index is 2.42. The number of rotatable bonds is 3. The van der Waals surface area contributed by atoms with Crippen molar-refractivity contribution >= 4 is 40.6 Å². The van der Waals surface area contributed by atoms with E-state index in [1.54, 1.807) is 19.3 Å². The Morgan fingerprint density at radius 2 is 1.89 bits per heavy atom. The maximum absolute atomic E-state index is 11.4. The highest BCUT2D eigenvalue weighted by Crippen LogP contribution is 2.34. The number of carbonyl (C=O) groups is 2. The summed E-state index contributed by atoms with van der Waals surface area (Å²) in [5, 5.41) is 4.56. The molecule has 0 aliphatic carbocycles. The van der Waals surface area contributed by atoms with Crippen molar-refractivity contribution in [3.63, 3.8) is 0 Å². The second-order valence-electron chi connectivity index (χ2n) is 3.70. The van der Waals surface area contributed by atoms with Gasteiger partial charge in [0.15, 0.2) is 11.5 Å². The van der Waals surface area contributed by atoms with Gasteiger partial charge in [-0.05, 0) is 46.4 Å². The molecule has 0 radical (unpaired) electrons. The summed E-state index contributed by atoms with van der Waals surface area (Å²) in [5.74, 6) is 0.742. The fourth-order valence-corrected chi connectivity index (χ4v) is 2.52. The summed E-state index contributed by atoms with van der Waals surface area (Å²) in [6.45, 7) is 0. The average Bonchev–Trinajstić information content (AvgIpc) is 2.67. The molecule has 3 amide bonds. The van der Waals surface area contributed by atoms with Gasteiger partial charge in [-0.15, -0.1) is 0 Å². The van der Waals surface area contributed by atoms with E-state index in [0.29, 0.717) is 11.5 Å². The van der Waals surface area contributed by atoms with Crippen LogP contribution >= 0.6 is 22.6 Å². The minimum atomic E-state index is -0.522. The summed E-state index contributed by atoms with van der Waals surface area (Å²) in [6, 6.07) is 3.03. The Morgan fingerprint density at radius 3 is 2.42 bits per heavy atom. The number of ether oxygens (including phenoxy) is 2. The van der Waals surface area contributed by atoms with Gasteiger partial charge in [0, 0.05) is 0 Å². The molecule has 6 nitrogen and oxygen atoms in total. The van der Waals surface area contributed by atoms with E-state index in [9.17, 15) is 9.59 Å². The van der Waals surface area contributed by atoms with E-state index in [-0.39, 0.29) is 5.70 Å². The zero-order valence-electron chi connectivity index (χ0n) is 10.2. The molecule has 1 aliphatic rings. The lowest BCUT2D eigenvalue weighted by atomic mass is 10.1. The molecule has 2 rings (SSSR count). The molecule has 2 N–H and O–H groups in total. The summed E-state index contributed by atoms with van der Waals surface area (Å²) >= 11 is 2.11. The van der Waals surface area contributed by atoms with E-state index in [1.165, 1.54) is 7.11 Å².